The van der Waals surface area contributed by atoms with Crippen molar-refractivity contribution < 1.29 is 0 Å². The molecule has 0 saturated heterocycles. The predicted molar refractivity (Wildman–Crippen MR) is 71.4 cm³/mol. The van der Waals surface area contributed by atoms with Crippen LogP contribution in [-0.4, -0.2) is 0 Å². The minimum atomic E-state index is 0.425. The zero-order valence-corrected chi connectivity index (χ0v) is 12.0. The maximum Gasteiger partial charge on any atom is -0.00689 e. The van der Waals surface area contributed by atoms with Gasteiger partial charge in [-0.05, 0) is 47.3 Å². The summed E-state index contributed by atoms with van der Waals surface area (Å²) in [5.74, 6) is 0. The van der Waals surface area contributed by atoms with E-state index in [1.165, 1.54) is 25.7 Å². The Morgan fingerprint density at radius 3 is 1.00 bits per heavy atom. The van der Waals surface area contributed by atoms with Gasteiger partial charge in [-0.2, -0.15) is 0 Å². The first kappa shape index (κ1) is 12.2. The molecule has 0 amide bonds. The zero-order chi connectivity index (χ0) is 12.2. The summed E-state index contributed by atoms with van der Waals surface area (Å²) in [6.07, 6.45) is 10.7. The fourth-order valence-corrected chi connectivity index (χ4v) is 3.79. The molecule has 0 heteroatoms. The van der Waals surface area contributed by atoms with E-state index in [2.05, 4.69) is 53.7 Å². The maximum absolute atomic E-state index is 2.57. The molecule has 2 bridgehead atoms. The lowest BCUT2D eigenvalue weighted by Crippen LogP contribution is -2.48. The third-order valence-electron chi connectivity index (χ3n) is 5.74. The van der Waals surface area contributed by atoms with Crippen molar-refractivity contribution in [3.8, 4) is 0 Å². The zero-order valence-electron chi connectivity index (χ0n) is 12.0. The van der Waals surface area contributed by atoms with E-state index in [1.807, 2.05) is 0 Å². The van der Waals surface area contributed by atoms with Gasteiger partial charge in [-0.1, -0.05) is 53.7 Å². The Kier molecular flexibility index (Phi) is 2.40. The molecular weight excluding hydrogens is 192 g/mol. The summed E-state index contributed by atoms with van der Waals surface area (Å²) < 4.78 is 0. The monoisotopic (exact) mass is 220 g/mol. The number of rotatable bonds is 0. The number of fused-ring (bicyclic) bond motifs is 2. The van der Waals surface area contributed by atoms with E-state index in [-0.39, 0.29) is 0 Å². The summed E-state index contributed by atoms with van der Waals surface area (Å²) >= 11 is 0. The molecule has 0 N–H and O–H groups in total. The van der Waals surface area contributed by atoms with Crippen molar-refractivity contribution in [3.63, 3.8) is 0 Å². The van der Waals surface area contributed by atoms with Crippen LogP contribution in [0.1, 0.15) is 67.2 Å². The van der Waals surface area contributed by atoms with Gasteiger partial charge >= 0.3 is 0 Å². The van der Waals surface area contributed by atoms with Crippen LogP contribution in [0.25, 0.3) is 0 Å². The van der Waals surface area contributed by atoms with E-state index in [0.29, 0.717) is 21.7 Å². The van der Waals surface area contributed by atoms with Crippen molar-refractivity contribution in [1.29, 1.82) is 0 Å². The first-order chi connectivity index (χ1) is 7.12. The summed E-state index contributed by atoms with van der Waals surface area (Å²) in [7, 11) is 0. The predicted octanol–water partition coefficient (Wildman–Crippen LogP) is 5.20. The third-order valence-corrected chi connectivity index (χ3v) is 5.74. The maximum atomic E-state index is 2.57. The lowest BCUT2D eigenvalue weighted by molar-refractivity contribution is -0.0203. The molecule has 0 atom stereocenters. The first-order valence-corrected chi connectivity index (χ1v) is 6.82. The molecule has 0 aromatic rings. The molecule has 0 unspecified atom stereocenters. The van der Waals surface area contributed by atoms with Crippen LogP contribution in [0.3, 0.4) is 0 Å². The summed E-state index contributed by atoms with van der Waals surface area (Å²) in [6, 6.07) is 0. The lowest BCUT2D eigenvalue weighted by atomic mass is 9.46. The van der Waals surface area contributed by atoms with Crippen LogP contribution in [0.2, 0.25) is 0 Å². The molecule has 1 fully saturated rings. The normalized spacial score (nSPS) is 39.1. The largest absolute Gasteiger partial charge is 0.0812 e. The van der Waals surface area contributed by atoms with Gasteiger partial charge in [0.15, 0.2) is 0 Å². The molecule has 0 aromatic heterocycles. The van der Waals surface area contributed by atoms with Gasteiger partial charge in [0.25, 0.3) is 0 Å². The fourth-order valence-electron chi connectivity index (χ4n) is 3.79. The van der Waals surface area contributed by atoms with Crippen LogP contribution >= 0.6 is 0 Å². The van der Waals surface area contributed by atoms with Crippen molar-refractivity contribution in [1.82, 2.24) is 0 Å². The minimum Gasteiger partial charge on any atom is -0.0812 e. The highest BCUT2D eigenvalue weighted by atomic mass is 14.6. The van der Waals surface area contributed by atoms with E-state index < -0.39 is 0 Å². The summed E-state index contributed by atoms with van der Waals surface area (Å²) in [4.78, 5) is 0. The Morgan fingerprint density at radius 1 is 0.625 bits per heavy atom. The first-order valence-electron chi connectivity index (χ1n) is 6.82. The molecule has 0 nitrogen and oxygen atoms in total. The number of allylic oxidation sites excluding steroid dienone is 2. The van der Waals surface area contributed by atoms with Gasteiger partial charge in [-0.25, -0.2) is 0 Å². The Balaban J connectivity index is 2.35. The third kappa shape index (κ3) is 1.49. The van der Waals surface area contributed by atoms with E-state index in [9.17, 15) is 0 Å². The van der Waals surface area contributed by atoms with E-state index >= 15 is 0 Å². The van der Waals surface area contributed by atoms with Crippen LogP contribution in [-0.2, 0) is 0 Å². The summed E-state index contributed by atoms with van der Waals surface area (Å²) in [6.45, 7) is 14.5. The molecule has 0 heterocycles. The second-order valence-corrected chi connectivity index (χ2v) is 8.15. The minimum absolute atomic E-state index is 0.425. The van der Waals surface area contributed by atoms with Crippen molar-refractivity contribution in [2.24, 2.45) is 21.7 Å². The quantitative estimate of drug-likeness (QED) is 0.492. The molecular formula is C16H28. The Labute approximate surface area is 102 Å². The SMILES string of the molecule is CC(C)(C)C12C=CC(C(C)(C)C)(CC1)CC2. The van der Waals surface area contributed by atoms with Gasteiger partial charge < -0.3 is 0 Å². The lowest BCUT2D eigenvalue weighted by Gasteiger charge is -2.59. The molecule has 3 aliphatic carbocycles. The second-order valence-electron chi connectivity index (χ2n) is 8.15. The van der Waals surface area contributed by atoms with Gasteiger partial charge in [0.1, 0.15) is 0 Å². The van der Waals surface area contributed by atoms with Gasteiger partial charge in [0.05, 0.1) is 0 Å². The van der Waals surface area contributed by atoms with E-state index in [4.69, 9.17) is 0 Å². The molecule has 3 aliphatic rings. The highest BCUT2D eigenvalue weighted by Gasteiger charge is 2.53. The van der Waals surface area contributed by atoms with Crippen molar-refractivity contribution in [2.45, 2.75) is 67.2 Å². The fraction of sp³-hybridized carbons (Fsp3) is 0.875. The van der Waals surface area contributed by atoms with Gasteiger partial charge in [0, 0.05) is 0 Å². The topological polar surface area (TPSA) is 0 Å². The van der Waals surface area contributed by atoms with E-state index in [1.54, 1.807) is 0 Å². The average Bonchev–Trinajstić information content (AvgIpc) is 2.17. The smallest absolute Gasteiger partial charge is 0.00689 e. The van der Waals surface area contributed by atoms with Crippen LogP contribution in [0, 0.1) is 21.7 Å². The number of hydrogen-bond acceptors (Lipinski definition) is 0. The molecule has 16 heavy (non-hydrogen) atoms. The van der Waals surface area contributed by atoms with Crippen LogP contribution in [0.5, 0.6) is 0 Å². The molecule has 3 rings (SSSR count). The van der Waals surface area contributed by atoms with Gasteiger partial charge in [0.2, 0.25) is 0 Å². The Hall–Kier alpha value is -0.260. The van der Waals surface area contributed by atoms with Gasteiger partial charge in [-0.3, -0.25) is 0 Å². The summed E-state index contributed by atoms with van der Waals surface area (Å²) in [5.41, 5.74) is 1.82. The molecule has 0 aliphatic heterocycles. The Bertz CT molecular complexity index is 266. The van der Waals surface area contributed by atoms with Crippen molar-refractivity contribution in [3.05, 3.63) is 12.2 Å². The van der Waals surface area contributed by atoms with Crippen molar-refractivity contribution in [2.75, 3.05) is 0 Å². The highest BCUT2D eigenvalue weighted by molar-refractivity contribution is 5.22. The molecule has 0 spiro atoms. The molecule has 0 aromatic carbocycles. The van der Waals surface area contributed by atoms with Crippen LogP contribution in [0.15, 0.2) is 12.2 Å². The summed E-state index contributed by atoms with van der Waals surface area (Å²) in [5, 5.41) is 0. The standard InChI is InChI=1S/C16H28/c1-13(2,3)15-7-10-16(11-8-15,12-9-15)14(4,5)6/h7,10H,8-9,11-12H2,1-6H3. The molecule has 1 saturated carbocycles. The number of hydrogen-bond donors (Lipinski definition) is 0. The highest BCUT2D eigenvalue weighted by Crippen LogP contribution is 2.63. The second kappa shape index (κ2) is 3.15. The van der Waals surface area contributed by atoms with Crippen LogP contribution < -0.4 is 0 Å². The molecule has 92 valence electrons. The van der Waals surface area contributed by atoms with Crippen LogP contribution in [0.4, 0.5) is 0 Å². The average molecular weight is 220 g/mol. The van der Waals surface area contributed by atoms with E-state index in [0.717, 1.165) is 0 Å². The van der Waals surface area contributed by atoms with Crippen molar-refractivity contribution >= 4 is 0 Å². The van der Waals surface area contributed by atoms with Gasteiger partial charge in [-0.15, -0.1) is 0 Å². The molecule has 0 radical (unpaired) electrons. The Morgan fingerprint density at radius 2 is 0.875 bits per heavy atom.